The lowest BCUT2D eigenvalue weighted by molar-refractivity contribution is -0.122. The maximum Gasteiger partial charge on any atom is 0.279 e. The molecule has 2 fully saturated rings. The van der Waals surface area contributed by atoms with Gasteiger partial charge in [-0.25, -0.2) is 4.98 Å². The Balaban J connectivity index is 0.000000463. The molecule has 4 rings (SSSR count). The van der Waals surface area contributed by atoms with Crippen LogP contribution in [0, 0.1) is 0 Å². The molecule has 1 saturated carbocycles. The number of nitrogens with one attached hydrogen (secondary N) is 3. The molecule has 1 atom stereocenters. The van der Waals surface area contributed by atoms with Crippen LogP contribution in [0.1, 0.15) is 89.3 Å². The Kier molecular flexibility index (Phi) is 12.5. The summed E-state index contributed by atoms with van der Waals surface area (Å²) in [6.45, 7) is 8.05. The summed E-state index contributed by atoms with van der Waals surface area (Å²) in [7, 11) is 3.07. The van der Waals surface area contributed by atoms with Crippen LogP contribution in [0.2, 0.25) is 0 Å². The van der Waals surface area contributed by atoms with Crippen LogP contribution in [0.4, 0.5) is 11.5 Å². The van der Waals surface area contributed by atoms with Crippen molar-refractivity contribution in [2.75, 3.05) is 38.2 Å². The Hall–Kier alpha value is -2.72. The number of hydrogen-bond acceptors (Lipinski definition) is 9. The van der Waals surface area contributed by atoms with Gasteiger partial charge in [0.05, 0.1) is 18.7 Å². The molecule has 1 aliphatic heterocycles. The number of hydrogen-bond donors (Lipinski definition) is 3. The summed E-state index contributed by atoms with van der Waals surface area (Å²) in [5.74, 6) is 0.974. The third-order valence-electron chi connectivity index (χ3n) is 5.86. The molecule has 0 aromatic carbocycles. The third kappa shape index (κ3) is 7.63. The lowest BCUT2D eigenvalue weighted by atomic mass is 9.83. The zero-order valence-electron chi connectivity index (χ0n) is 21.8. The molecule has 10 nitrogen and oxygen atoms in total. The quantitative estimate of drug-likeness (QED) is 0.466. The van der Waals surface area contributed by atoms with Crippen molar-refractivity contribution in [3.8, 4) is 11.6 Å². The number of H-pyrrole nitrogens is 1. The first-order valence-electron chi connectivity index (χ1n) is 12.8. The minimum atomic E-state index is -0.402. The number of rotatable bonds is 7. The van der Waals surface area contributed by atoms with Gasteiger partial charge in [0, 0.05) is 32.2 Å². The van der Waals surface area contributed by atoms with Crippen LogP contribution in [-0.4, -0.2) is 48.3 Å². The number of Topliss-reactive ketones (excluding diaryl/α,β-unsaturated/α-hetero) is 1. The summed E-state index contributed by atoms with van der Waals surface area (Å²) in [5.41, 5.74) is 3.81. The van der Waals surface area contributed by atoms with Crippen molar-refractivity contribution in [1.29, 1.82) is 0 Å². The van der Waals surface area contributed by atoms with Crippen LogP contribution in [0.5, 0.6) is 0 Å². The van der Waals surface area contributed by atoms with E-state index in [1.165, 1.54) is 26.4 Å². The van der Waals surface area contributed by atoms with Crippen molar-refractivity contribution in [3.63, 3.8) is 0 Å². The van der Waals surface area contributed by atoms with E-state index in [9.17, 15) is 9.59 Å². The second-order valence-corrected chi connectivity index (χ2v) is 8.26. The minimum Gasteiger partial charge on any atom is -0.381 e. The predicted molar refractivity (Wildman–Crippen MR) is 137 cm³/mol. The van der Waals surface area contributed by atoms with Crippen LogP contribution >= 0.6 is 0 Å². The fourth-order valence-corrected chi connectivity index (χ4v) is 4.19. The monoisotopic (exact) mass is 491 g/mol. The Bertz CT molecular complexity index is 956. The molecule has 0 amide bonds. The molecule has 2 aromatic rings. The van der Waals surface area contributed by atoms with Gasteiger partial charge in [-0.1, -0.05) is 38.8 Å². The average Bonchev–Trinajstić information content (AvgIpc) is 3.31. The van der Waals surface area contributed by atoms with Crippen molar-refractivity contribution in [2.24, 2.45) is 0 Å². The number of aromatic nitrogens is 3. The first-order chi connectivity index (χ1) is 17.1. The molecule has 0 unspecified atom stereocenters. The summed E-state index contributed by atoms with van der Waals surface area (Å²) < 4.78 is 10.6. The van der Waals surface area contributed by atoms with Gasteiger partial charge in [0.15, 0.2) is 17.3 Å². The zero-order chi connectivity index (χ0) is 25.6. The zero-order valence-corrected chi connectivity index (χ0v) is 21.8. The smallest absolute Gasteiger partial charge is 0.279 e. The number of nitrogens with zero attached hydrogens (tertiary/aromatic N) is 2. The van der Waals surface area contributed by atoms with Crippen molar-refractivity contribution in [2.45, 2.75) is 84.5 Å². The lowest BCUT2D eigenvalue weighted by Gasteiger charge is -2.19. The summed E-state index contributed by atoms with van der Waals surface area (Å²) >= 11 is 0. The molecule has 35 heavy (non-hydrogen) atoms. The fraction of sp³-hybridized carbons (Fsp3) is 0.680. The van der Waals surface area contributed by atoms with Crippen molar-refractivity contribution in [3.05, 3.63) is 21.6 Å². The number of carbonyl (C=O) groups is 1. The van der Waals surface area contributed by atoms with Gasteiger partial charge in [0.2, 0.25) is 5.76 Å². The van der Waals surface area contributed by atoms with E-state index in [0.29, 0.717) is 30.1 Å². The van der Waals surface area contributed by atoms with Gasteiger partial charge in [0.25, 0.3) is 5.56 Å². The van der Waals surface area contributed by atoms with Gasteiger partial charge < -0.3 is 19.6 Å². The third-order valence-corrected chi connectivity index (χ3v) is 5.86. The highest BCUT2D eigenvalue weighted by Crippen LogP contribution is 2.36. The van der Waals surface area contributed by atoms with Crippen LogP contribution in [0.15, 0.2) is 9.32 Å². The molecule has 0 radical (unpaired) electrons. The predicted octanol–water partition coefficient (Wildman–Crippen LogP) is 4.83. The van der Waals surface area contributed by atoms with Crippen molar-refractivity contribution in [1.82, 2.24) is 15.1 Å². The molecule has 10 heteroatoms. The van der Waals surface area contributed by atoms with E-state index in [1.807, 2.05) is 20.8 Å². The largest absolute Gasteiger partial charge is 0.381 e. The fourth-order valence-electron chi connectivity index (χ4n) is 4.19. The molecular formula is C25H41N5O5. The molecule has 1 saturated heterocycles. The second-order valence-electron chi connectivity index (χ2n) is 8.26. The molecule has 196 valence electrons. The highest BCUT2D eigenvalue weighted by molar-refractivity contribution is 5.86. The topological polar surface area (TPSA) is 131 Å². The minimum absolute atomic E-state index is 0.169. The van der Waals surface area contributed by atoms with Gasteiger partial charge in [-0.05, 0) is 38.5 Å². The Morgan fingerprint density at radius 3 is 2.40 bits per heavy atom. The maximum absolute atomic E-state index is 12.4. The highest BCUT2D eigenvalue weighted by atomic mass is 16.6. The first kappa shape index (κ1) is 28.5. The average molecular weight is 492 g/mol. The van der Waals surface area contributed by atoms with E-state index >= 15 is 0 Å². The van der Waals surface area contributed by atoms with Crippen LogP contribution in [-0.2, 0) is 20.8 Å². The lowest BCUT2D eigenvalue weighted by Crippen LogP contribution is -2.19. The summed E-state index contributed by atoms with van der Waals surface area (Å²) in [5, 5.41) is 7.08. The molecule has 3 N–H and O–H groups in total. The van der Waals surface area contributed by atoms with Crippen LogP contribution < -0.4 is 16.4 Å². The van der Waals surface area contributed by atoms with E-state index in [1.54, 1.807) is 7.05 Å². The number of ketones is 1. The first-order valence-corrected chi connectivity index (χ1v) is 12.8. The number of carbonyl (C=O) groups excluding carboxylic acids is 1. The second kappa shape index (κ2) is 15.3. The Morgan fingerprint density at radius 1 is 1.11 bits per heavy atom. The SMILES string of the molecule is C1CCOCC1.CC.CCCc1c([C@H]2CCCCC2=O)noc1-c1nc(NC)c(NOC)c(=O)[nH]1. The van der Waals surface area contributed by atoms with Crippen LogP contribution in [0.25, 0.3) is 11.6 Å². The van der Waals surface area contributed by atoms with E-state index in [4.69, 9.17) is 14.1 Å². The van der Waals surface area contributed by atoms with E-state index in [-0.39, 0.29) is 23.2 Å². The summed E-state index contributed by atoms with van der Waals surface area (Å²) in [6.07, 6.45) is 8.76. The van der Waals surface area contributed by atoms with Crippen molar-refractivity contribution < 1.29 is 18.9 Å². The molecule has 2 aliphatic rings. The van der Waals surface area contributed by atoms with E-state index in [0.717, 1.165) is 44.5 Å². The number of ether oxygens (including phenoxy) is 1. The van der Waals surface area contributed by atoms with E-state index in [2.05, 4.69) is 25.9 Å². The maximum atomic E-state index is 12.4. The molecule has 0 bridgehead atoms. The molecule has 2 aromatic heterocycles. The van der Waals surface area contributed by atoms with Gasteiger partial charge in [-0.3, -0.25) is 19.9 Å². The van der Waals surface area contributed by atoms with Crippen molar-refractivity contribution >= 4 is 17.3 Å². The van der Waals surface area contributed by atoms with Gasteiger partial charge in [0.1, 0.15) is 5.78 Å². The summed E-state index contributed by atoms with van der Waals surface area (Å²) in [6, 6.07) is 0. The number of aromatic amines is 1. The Morgan fingerprint density at radius 2 is 1.86 bits per heavy atom. The standard InChI is InChI=1S/C18H25N5O4.C5H10O.C2H6/c1-4-7-11-13(10-8-5-6-9-12(10)24)23-27-15(11)17-20-16(19-2)14(22-26-3)18(25)21-17;1-2-4-6-5-3-1;1-2/h10,22H,4-9H2,1-3H3,(H2,19,20,21,25);1-5H2;1-2H3/t10-;;/m0../s1. The van der Waals surface area contributed by atoms with Gasteiger partial charge >= 0.3 is 0 Å². The molecular weight excluding hydrogens is 450 g/mol. The van der Waals surface area contributed by atoms with E-state index < -0.39 is 5.56 Å². The Labute approximate surface area is 207 Å². The molecule has 0 spiro atoms. The molecule has 1 aliphatic carbocycles. The van der Waals surface area contributed by atoms with Crippen LogP contribution in [0.3, 0.4) is 0 Å². The van der Waals surface area contributed by atoms with Gasteiger partial charge in [-0.15, -0.1) is 0 Å². The molecule has 3 heterocycles. The van der Waals surface area contributed by atoms with Gasteiger partial charge in [-0.2, -0.15) is 0 Å². The summed E-state index contributed by atoms with van der Waals surface area (Å²) in [4.78, 5) is 36.8. The normalized spacial score (nSPS) is 17.5. The highest BCUT2D eigenvalue weighted by Gasteiger charge is 2.31. The number of anilines is 2.